The smallest absolute Gasteiger partial charge is 0.153 e. The molecule has 0 spiro atoms. The van der Waals surface area contributed by atoms with E-state index in [4.69, 9.17) is 9.97 Å². The molecule has 0 amide bonds. The first kappa shape index (κ1) is 43.5. The molecule has 4 aromatic carbocycles. The fourth-order valence-corrected chi connectivity index (χ4v) is 9.15. The van der Waals surface area contributed by atoms with Gasteiger partial charge >= 0.3 is 0 Å². The summed E-state index contributed by atoms with van der Waals surface area (Å²) in [7, 11) is 0. The molecule has 2 aliphatic carbocycles. The molecule has 0 atom stereocenters. The van der Waals surface area contributed by atoms with Gasteiger partial charge in [0.2, 0.25) is 0 Å². The van der Waals surface area contributed by atoms with Crippen LogP contribution >= 0.6 is 22.7 Å². The van der Waals surface area contributed by atoms with Crippen LogP contribution in [0.15, 0.2) is 156 Å². The highest BCUT2D eigenvalue weighted by Gasteiger charge is 2.17. The number of hydrogen-bond donors (Lipinski definition) is 0. The van der Waals surface area contributed by atoms with E-state index in [9.17, 15) is 0 Å². The number of benzene rings is 4. The van der Waals surface area contributed by atoms with Crippen LogP contribution in [0.2, 0.25) is 0 Å². The second-order valence-electron chi connectivity index (χ2n) is 15.7. The molecule has 2 aliphatic rings. The molecule has 0 N–H and O–H groups in total. The number of hydrogen-bond acceptors (Lipinski definition) is 4. The molecule has 2 heterocycles. The van der Waals surface area contributed by atoms with Crippen LogP contribution in [-0.2, 0) is 12.8 Å². The van der Waals surface area contributed by atoms with Crippen molar-refractivity contribution in [2.45, 2.75) is 78.1 Å². The second-order valence-corrected chi connectivity index (χ2v) is 17.7. The molecule has 0 saturated carbocycles. The molecule has 310 valence electrons. The van der Waals surface area contributed by atoms with E-state index in [1.807, 2.05) is 36.5 Å². The van der Waals surface area contributed by atoms with Gasteiger partial charge in [-0.3, -0.25) is 0 Å². The van der Waals surface area contributed by atoms with Crippen molar-refractivity contribution in [2.24, 2.45) is 0 Å². The fraction of sp³-hybridized carbons (Fsp3) is 0.200. The first-order chi connectivity index (χ1) is 31.6. The van der Waals surface area contributed by atoms with Crippen LogP contribution in [-0.4, -0.2) is 9.97 Å². The molecule has 0 unspecified atom stereocenters. The minimum atomic E-state index is 0.910. The quantitative estimate of drug-likeness (QED) is 0.0657. The first-order valence-corrected chi connectivity index (χ1v) is 24.0. The van der Waals surface area contributed by atoms with E-state index in [0.717, 1.165) is 112 Å². The summed E-state index contributed by atoms with van der Waals surface area (Å²) in [6.07, 6.45) is 22.9. The van der Waals surface area contributed by atoms with Crippen molar-refractivity contribution in [3.05, 3.63) is 200 Å². The summed E-state index contributed by atoms with van der Waals surface area (Å²) in [6, 6.07) is 33.8. The lowest BCUT2D eigenvalue weighted by atomic mass is 10.0. The van der Waals surface area contributed by atoms with Gasteiger partial charge < -0.3 is 0 Å². The maximum atomic E-state index is 5.22. The van der Waals surface area contributed by atoms with Crippen molar-refractivity contribution in [3.8, 4) is 79.6 Å². The van der Waals surface area contributed by atoms with Crippen molar-refractivity contribution in [3.63, 3.8) is 0 Å². The Morgan fingerprint density at radius 1 is 0.406 bits per heavy atom. The molecule has 2 nitrogen and oxygen atoms in total. The lowest BCUT2D eigenvalue weighted by molar-refractivity contribution is 0.661. The van der Waals surface area contributed by atoms with Crippen molar-refractivity contribution in [1.29, 1.82) is 0 Å². The highest BCUT2D eigenvalue weighted by Crippen LogP contribution is 2.34. The first-order valence-electron chi connectivity index (χ1n) is 22.4. The molecule has 8 rings (SSSR count). The van der Waals surface area contributed by atoms with Gasteiger partial charge in [-0.15, -0.1) is 34.1 Å². The summed E-state index contributed by atoms with van der Waals surface area (Å²) in [6.45, 7) is 4.50. The van der Waals surface area contributed by atoms with Gasteiger partial charge in [0, 0.05) is 22.3 Å². The highest BCUT2D eigenvalue weighted by atomic mass is 32.1. The lowest BCUT2D eigenvalue weighted by Crippen LogP contribution is -1.91. The Morgan fingerprint density at radius 2 is 0.750 bits per heavy atom. The van der Waals surface area contributed by atoms with E-state index in [1.165, 1.54) is 38.5 Å². The third-order valence-corrected chi connectivity index (χ3v) is 13.0. The summed E-state index contributed by atoms with van der Waals surface area (Å²) < 4.78 is 0. The molecule has 0 bridgehead atoms. The predicted octanol–water partition coefficient (Wildman–Crippen LogP) is 14.7. The van der Waals surface area contributed by atoms with Crippen molar-refractivity contribution < 1.29 is 0 Å². The minimum absolute atomic E-state index is 0.910. The number of aryl methyl sites for hydroxylation is 2. The normalized spacial score (nSPS) is 11.8. The third kappa shape index (κ3) is 12.1. The Hall–Kier alpha value is -7.10. The third-order valence-electron chi connectivity index (χ3n) is 10.8. The van der Waals surface area contributed by atoms with E-state index in [-0.39, 0.29) is 0 Å². The summed E-state index contributed by atoms with van der Waals surface area (Å²) in [5.74, 6) is 26.8. The minimum Gasteiger partial charge on any atom is -0.237 e. The van der Waals surface area contributed by atoms with Gasteiger partial charge in [-0.25, -0.2) is 9.97 Å². The van der Waals surface area contributed by atoms with Crippen LogP contribution in [0, 0.1) is 47.4 Å². The largest absolute Gasteiger partial charge is 0.237 e. The molecule has 64 heavy (non-hydrogen) atoms. The standard InChI is InChI=1S/C60H48N2S2/c1-3-5-7-9-19-55-57(43-33-49-29-39-53(40-30-49)51-35-25-47(26-36-51)23-21-45-15-11-12-16-45)63-59(61-55)60-62-56(20-10-8-6-4-2)58(64-60)44-34-50-31-41-54(42-32-50)52-37-27-48(28-38-52)24-22-46-17-13-14-18-46/h11-15,17,25-32,35-42H,3-10,19-20H2,1-2H3. The molecule has 6 aromatic rings. The SMILES string of the molecule is CCCCCCc1nc(-c2nc(CCCCCC)c(C#Cc3ccc(-c4ccc(C#CC5=C=CC=C5)cc4)cc3)s2)sc1C#Cc1ccc(-c2ccc(C#CC3=C=CC=C3)cc2)cc1. The van der Waals surface area contributed by atoms with Gasteiger partial charge in [-0.05, 0) is 133 Å². The maximum Gasteiger partial charge on any atom is 0.153 e. The molecule has 0 saturated heterocycles. The number of thiazole rings is 2. The Balaban J connectivity index is 0.996. The monoisotopic (exact) mass is 860 g/mol. The summed E-state index contributed by atoms with van der Waals surface area (Å²) in [4.78, 5) is 12.5. The average Bonchev–Trinajstić information content (AvgIpc) is 4.19. The lowest BCUT2D eigenvalue weighted by Gasteiger charge is -2.02. The number of allylic oxidation sites excluding steroid dienone is 6. The number of unbranched alkanes of at least 4 members (excludes halogenated alkanes) is 6. The molecule has 2 aromatic heterocycles. The van der Waals surface area contributed by atoms with E-state index in [1.54, 1.807) is 22.7 Å². The van der Waals surface area contributed by atoms with Crippen LogP contribution in [0.25, 0.3) is 32.3 Å². The van der Waals surface area contributed by atoms with Crippen molar-refractivity contribution >= 4 is 22.7 Å². The Morgan fingerprint density at radius 3 is 1.06 bits per heavy atom. The molecule has 0 aliphatic heterocycles. The zero-order chi connectivity index (χ0) is 43.8. The van der Waals surface area contributed by atoms with Gasteiger partial charge in [0.05, 0.1) is 22.5 Å². The van der Waals surface area contributed by atoms with Crippen LogP contribution in [0.5, 0.6) is 0 Å². The Kier molecular flexibility index (Phi) is 15.2. The number of nitrogens with zero attached hydrogens (tertiary/aromatic N) is 2. The van der Waals surface area contributed by atoms with Gasteiger partial charge in [0.25, 0.3) is 0 Å². The van der Waals surface area contributed by atoms with Gasteiger partial charge in [0.1, 0.15) is 9.75 Å². The van der Waals surface area contributed by atoms with Crippen LogP contribution < -0.4 is 0 Å². The van der Waals surface area contributed by atoms with Crippen LogP contribution in [0.4, 0.5) is 0 Å². The van der Waals surface area contributed by atoms with E-state index < -0.39 is 0 Å². The summed E-state index contributed by atoms with van der Waals surface area (Å²) in [5, 5.41) is 1.87. The molecule has 0 fully saturated rings. The van der Waals surface area contributed by atoms with Gasteiger partial charge in [0.15, 0.2) is 10.0 Å². The van der Waals surface area contributed by atoms with E-state index in [2.05, 4.69) is 170 Å². The Labute approximate surface area is 387 Å². The number of rotatable bonds is 13. The van der Waals surface area contributed by atoms with E-state index >= 15 is 0 Å². The topological polar surface area (TPSA) is 25.8 Å². The second kappa shape index (κ2) is 22.3. The van der Waals surface area contributed by atoms with Crippen LogP contribution in [0.3, 0.4) is 0 Å². The van der Waals surface area contributed by atoms with Crippen molar-refractivity contribution in [2.75, 3.05) is 0 Å². The fourth-order valence-electron chi connectivity index (χ4n) is 7.20. The van der Waals surface area contributed by atoms with Gasteiger partial charge in [-0.2, -0.15) is 0 Å². The highest BCUT2D eigenvalue weighted by molar-refractivity contribution is 7.22. The summed E-state index contributed by atoms with van der Waals surface area (Å²) >= 11 is 3.33. The molecule has 4 heteroatoms. The zero-order valence-electron chi connectivity index (χ0n) is 36.5. The molecular formula is C60H48N2S2. The number of aromatic nitrogens is 2. The van der Waals surface area contributed by atoms with Crippen molar-refractivity contribution in [1.82, 2.24) is 9.97 Å². The van der Waals surface area contributed by atoms with E-state index in [0.29, 0.717) is 0 Å². The molecule has 0 radical (unpaired) electrons. The Bertz CT molecular complexity index is 2850. The zero-order valence-corrected chi connectivity index (χ0v) is 38.1. The van der Waals surface area contributed by atoms with Crippen LogP contribution in [0.1, 0.15) is 109 Å². The summed E-state index contributed by atoms with van der Waals surface area (Å²) in [5.41, 5.74) is 18.7. The molecular weight excluding hydrogens is 813 g/mol. The predicted molar refractivity (Wildman–Crippen MR) is 270 cm³/mol. The maximum absolute atomic E-state index is 5.22. The average molecular weight is 861 g/mol. The van der Waals surface area contributed by atoms with Gasteiger partial charge in [-0.1, -0.05) is 149 Å².